The summed E-state index contributed by atoms with van der Waals surface area (Å²) in [6, 6.07) is 2.45. The SMILES string of the molecule is CC1NCCCC1NC(=O)c1cc(I)c[nH]1. The molecule has 0 saturated carbocycles. The summed E-state index contributed by atoms with van der Waals surface area (Å²) >= 11 is 2.19. The lowest BCUT2D eigenvalue weighted by Gasteiger charge is -2.30. The van der Waals surface area contributed by atoms with Crippen LogP contribution in [0.25, 0.3) is 0 Å². The Kier molecular flexibility index (Phi) is 3.86. The van der Waals surface area contributed by atoms with E-state index in [2.05, 4.69) is 45.1 Å². The summed E-state index contributed by atoms with van der Waals surface area (Å²) in [7, 11) is 0. The summed E-state index contributed by atoms with van der Waals surface area (Å²) in [6.45, 7) is 3.16. The number of carbonyl (C=O) groups is 1. The van der Waals surface area contributed by atoms with Crippen LogP contribution in [-0.4, -0.2) is 29.5 Å². The number of rotatable bonds is 2. The molecule has 0 bridgehead atoms. The first-order valence-electron chi connectivity index (χ1n) is 5.55. The van der Waals surface area contributed by atoms with Crippen molar-refractivity contribution in [3.05, 3.63) is 21.5 Å². The quantitative estimate of drug-likeness (QED) is 0.719. The number of amides is 1. The highest BCUT2D eigenvalue weighted by Crippen LogP contribution is 2.10. The molecule has 1 amide bonds. The molecule has 0 spiro atoms. The zero-order valence-electron chi connectivity index (χ0n) is 9.22. The second kappa shape index (κ2) is 5.18. The van der Waals surface area contributed by atoms with Gasteiger partial charge in [0.05, 0.1) is 0 Å². The molecule has 1 aromatic heterocycles. The average Bonchev–Trinajstić information content (AvgIpc) is 2.68. The van der Waals surface area contributed by atoms with Crippen LogP contribution in [-0.2, 0) is 0 Å². The van der Waals surface area contributed by atoms with Gasteiger partial charge >= 0.3 is 0 Å². The maximum absolute atomic E-state index is 11.9. The number of hydrogen-bond donors (Lipinski definition) is 3. The van der Waals surface area contributed by atoms with E-state index in [1.54, 1.807) is 0 Å². The number of carbonyl (C=O) groups excluding carboxylic acids is 1. The second-order valence-electron chi connectivity index (χ2n) is 4.20. The number of H-pyrrole nitrogens is 1. The Morgan fingerprint density at radius 3 is 3.06 bits per heavy atom. The lowest BCUT2D eigenvalue weighted by atomic mass is 10.00. The van der Waals surface area contributed by atoms with Gasteiger partial charge in [-0.15, -0.1) is 0 Å². The van der Waals surface area contributed by atoms with E-state index < -0.39 is 0 Å². The van der Waals surface area contributed by atoms with Crippen LogP contribution in [0.5, 0.6) is 0 Å². The van der Waals surface area contributed by atoms with E-state index in [0.29, 0.717) is 11.7 Å². The minimum atomic E-state index is -0.0107. The molecule has 16 heavy (non-hydrogen) atoms. The molecule has 4 nitrogen and oxygen atoms in total. The van der Waals surface area contributed by atoms with Gasteiger partial charge in [-0.25, -0.2) is 0 Å². The molecule has 1 aliphatic heterocycles. The van der Waals surface area contributed by atoms with E-state index in [1.165, 1.54) is 0 Å². The van der Waals surface area contributed by atoms with Crippen molar-refractivity contribution in [1.29, 1.82) is 0 Å². The summed E-state index contributed by atoms with van der Waals surface area (Å²) in [4.78, 5) is 14.9. The van der Waals surface area contributed by atoms with E-state index in [0.717, 1.165) is 23.0 Å². The van der Waals surface area contributed by atoms with Crippen molar-refractivity contribution < 1.29 is 4.79 Å². The molecule has 0 aromatic carbocycles. The molecule has 3 N–H and O–H groups in total. The summed E-state index contributed by atoms with van der Waals surface area (Å²) < 4.78 is 1.05. The fourth-order valence-corrected chi connectivity index (χ4v) is 2.45. The first-order chi connectivity index (χ1) is 7.66. The van der Waals surface area contributed by atoms with Gasteiger partial charge in [0.1, 0.15) is 5.69 Å². The molecule has 2 heterocycles. The highest BCUT2D eigenvalue weighted by molar-refractivity contribution is 14.1. The van der Waals surface area contributed by atoms with Gasteiger partial charge in [0.2, 0.25) is 0 Å². The molecule has 1 fully saturated rings. The number of hydrogen-bond acceptors (Lipinski definition) is 2. The predicted octanol–water partition coefficient (Wildman–Crippen LogP) is 1.49. The van der Waals surface area contributed by atoms with Gasteiger partial charge in [-0.2, -0.15) is 0 Å². The molecular weight excluding hydrogens is 317 g/mol. The fourth-order valence-electron chi connectivity index (χ4n) is 1.99. The van der Waals surface area contributed by atoms with Crippen LogP contribution in [0.4, 0.5) is 0 Å². The van der Waals surface area contributed by atoms with Crippen LogP contribution in [0.3, 0.4) is 0 Å². The molecule has 5 heteroatoms. The predicted molar refractivity (Wildman–Crippen MR) is 71.5 cm³/mol. The lowest BCUT2D eigenvalue weighted by Crippen LogP contribution is -2.51. The van der Waals surface area contributed by atoms with Gasteiger partial charge in [0.15, 0.2) is 0 Å². The third-order valence-corrected chi connectivity index (χ3v) is 3.59. The van der Waals surface area contributed by atoms with Crippen molar-refractivity contribution in [2.75, 3.05) is 6.54 Å². The third kappa shape index (κ3) is 2.76. The number of halogens is 1. The Morgan fingerprint density at radius 2 is 2.44 bits per heavy atom. The van der Waals surface area contributed by atoms with Crippen molar-refractivity contribution in [3.8, 4) is 0 Å². The van der Waals surface area contributed by atoms with E-state index in [9.17, 15) is 4.79 Å². The zero-order valence-corrected chi connectivity index (χ0v) is 11.4. The summed E-state index contributed by atoms with van der Waals surface area (Å²) in [5.74, 6) is -0.0107. The van der Waals surface area contributed by atoms with Gasteiger partial charge in [0.25, 0.3) is 5.91 Å². The van der Waals surface area contributed by atoms with Crippen LogP contribution in [0, 0.1) is 3.57 Å². The molecule has 2 rings (SSSR count). The Morgan fingerprint density at radius 1 is 1.62 bits per heavy atom. The fraction of sp³-hybridized carbons (Fsp3) is 0.545. The normalized spacial score (nSPS) is 25.4. The molecule has 0 radical (unpaired) electrons. The molecular formula is C11H16IN3O. The Balaban J connectivity index is 1.96. The minimum absolute atomic E-state index is 0.0107. The van der Waals surface area contributed by atoms with Crippen LogP contribution < -0.4 is 10.6 Å². The van der Waals surface area contributed by atoms with Crippen LogP contribution in [0.2, 0.25) is 0 Å². The molecule has 1 aromatic rings. The largest absolute Gasteiger partial charge is 0.356 e. The number of nitrogens with one attached hydrogen (secondary N) is 3. The molecule has 1 aliphatic rings. The maximum atomic E-state index is 11.9. The van der Waals surface area contributed by atoms with Crippen molar-refractivity contribution >= 4 is 28.5 Å². The number of piperidine rings is 1. The maximum Gasteiger partial charge on any atom is 0.267 e. The first kappa shape index (κ1) is 11.9. The van der Waals surface area contributed by atoms with E-state index in [1.807, 2.05) is 12.3 Å². The number of aromatic nitrogens is 1. The van der Waals surface area contributed by atoms with Crippen molar-refractivity contribution in [2.24, 2.45) is 0 Å². The van der Waals surface area contributed by atoms with Gasteiger partial charge in [0, 0.05) is 21.9 Å². The van der Waals surface area contributed by atoms with E-state index in [-0.39, 0.29) is 11.9 Å². The molecule has 0 aliphatic carbocycles. The summed E-state index contributed by atoms with van der Waals surface area (Å²) in [5, 5.41) is 6.43. The lowest BCUT2D eigenvalue weighted by molar-refractivity contribution is 0.0915. The van der Waals surface area contributed by atoms with E-state index >= 15 is 0 Å². The first-order valence-corrected chi connectivity index (χ1v) is 6.63. The second-order valence-corrected chi connectivity index (χ2v) is 5.44. The summed E-state index contributed by atoms with van der Waals surface area (Å²) in [6.07, 6.45) is 4.01. The van der Waals surface area contributed by atoms with Gasteiger partial charge in [-0.05, 0) is 55.0 Å². The highest BCUT2D eigenvalue weighted by Gasteiger charge is 2.23. The van der Waals surface area contributed by atoms with Gasteiger partial charge in [-0.1, -0.05) is 0 Å². The minimum Gasteiger partial charge on any atom is -0.356 e. The number of aromatic amines is 1. The molecule has 1 saturated heterocycles. The van der Waals surface area contributed by atoms with Crippen molar-refractivity contribution in [1.82, 2.24) is 15.6 Å². The van der Waals surface area contributed by atoms with Gasteiger partial charge in [-0.3, -0.25) is 4.79 Å². The van der Waals surface area contributed by atoms with Crippen LogP contribution in [0.15, 0.2) is 12.3 Å². The third-order valence-electron chi connectivity index (χ3n) is 2.97. The monoisotopic (exact) mass is 333 g/mol. The molecule has 88 valence electrons. The van der Waals surface area contributed by atoms with Crippen molar-refractivity contribution in [2.45, 2.75) is 31.8 Å². The topological polar surface area (TPSA) is 56.9 Å². The zero-order chi connectivity index (χ0) is 11.5. The highest BCUT2D eigenvalue weighted by atomic mass is 127. The van der Waals surface area contributed by atoms with E-state index in [4.69, 9.17) is 0 Å². The standard InChI is InChI=1S/C11H16IN3O/c1-7-9(3-2-4-13-7)15-11(16)10-5-8(12)6-14-10/h5-7,9,13-14H,2-4H2,1H3,(H,15,16). The average molecular weight is 333 g/mol. The smallest absolute Gasteiger partial charge is 0.267 e. The van der Waals surface area contributed by atoms with Crippen LogP contribution in [0.1, 0.15) is 30.3 Å². The molecule has 2 atom stereocenters. The Bertz CT molecular complexity index is 377. The summed E-state index contributed by atoms with van der Waals surface area (Å²) in [5.41, 5.74) is 0.641. The van der Waals surface area contributed by atoms with Gasteiger partial charge < -0.3 is 15.6 Å². The Hall–Kier alpha value is -0.560. The molecule has 2 unspecified atom stereocenters. The van der Waals surface area contributed by atoms with Crippen LogP contribution >= 0.6 is 22.6 Å². The van der Waals surface area contributed by atoms with Crippen molar-refractivity contribution in [3.63, 3.8) is 0 Å². The Labute approximate surface area is 109 Å².